The average Bonchev–Trinajstić information content (AvgIpc) is 1.54. The number of aliphatic hydroxyl groups is 3. The van der Waals surface area contributed by atoms with Gasteiger partial charge in [-0.3, -0.25) is 57.7 Å². The third-order valence-electron chi connectivity index (χ3n) is 21.4. The maximum Gasteiger partial charge on any atom is 0.305 e. The summed E-state index contributed by atoms with van der Waals surface area (Å²) >= 11 is 0. The number of para-hydroxylation sites is 1. The first-order valence-electron chi connectivity index (χ1n) is 42.8. The van der Waals surface area contributed by atoms with Gasteiger partial charge in [0.05, 0.1) is 108 Å². The molecule has 5 fully saturated rings. The zero-order valence-corrected chi connectivity index (χ0v) is 71.0. The first-order valence-corrected chi connectivity index (χ1v) is 42.8. The van der Waals surface area contributed by atoms with Crippen molar-refractivity contribution in [2.45, 2.75) is 143 Å². The molecule has 7 heterocycles. The molecule has 44 nitrogen and oxygen atoms in total. The van der Waals surface area contributed by atoms with Crippen LogP contribution in [0, 0.1) is 0 Å². The Morgan fingerprint density at radius 1 is 0.556 bits per heavy atom. The minimum absolute atomic E-state index is 0.0304. The molecular weight excluding hydrogens is 1640 g/mol. The number of rotatable bonds is 40. The summed E-state index contributed by atoms with van der Waals surface area (Å²) in [6.07, 6.45) is -9.64. The lowest BCUT2D eigenvalue weighted by Crippen LogP contribution is -2.67. The number of nitrogens with two attached hydrogens (primary N) is 3. The average molecular weight is 1770 g/mol. The van der Waals surface area contributed by atoms with E-state index in [0.717, 1.165) is 39.3 Å². The molecule has 6 aliphatic rings. The number of carboxylic acids is 1. The van der Waals surface area contributed by atoms with Gasteiger partial charge < -0.3 is 151 Å². The Morgan fingerprint density at radius 2 is 1.10 bits per heavy atom. The van der Waals surface area contributed by atoms with Gasteiger partial charge in [-0.05, 0) is 49.3 Å². The van der Waals surface area contributed by atoms with E-state index in [1.54, 1.807) is 77.7 Å². The number of aliphatic hydroxyl groups excluding tert-OH is 3. The normalized spacial score (nSPS) is 23.7. The Bertz CT molecular complexity index is 4160. The zero-order chi connectivity index (χ0) is 90.1. The van der Waals surface area contributed by atoms with Crippen LogP contribution in [-0.4, -0.2) is 350 Å². The van der Waals surface area contributed by atoms with Crippen LogP contribution in [0.4, 0.5) is 5.69 Å². The Hall–Kier alpha value is -10.4. The van der Waals surface area contributed by atoms with E-state index >= 15 is 0 Å². The fraction of sp³-hybridized carbons (Fsp3) is 0.610. The number of hydrogen-bond acceptors (Lipinski definition) is 30. The Morgan fingerprint density at radius 3 is 1.71 bits per heavy atom. The maximum atomic E-state index is 14.3. The minimum atomic E-state index is -1.95. The molecule has 0 unspecified atom stereocenters. The molecule has 0 spiro atoms. The van der Waals surface area contributed by atoms with E-state index in [0.29, 0.717) is 118 Å². The van der Waals surface area contributed by atoms with E-state index in [2.05, 4.69) is 95.1 Å². The van der Waals surface area contributed by atoms with Crippen LogP contribution in [0.5, 0.6) is 0 Å². The number of carboxylic acid groups (broad SMARTS) is 1. The number of carbonyl (C=O) groups excluding carboxylic acids is 10. The van der Waals surface area contributed by atoms with Crippen LogP contribution in [0.1, 0.15) is 68.9 Å². The van der Waals surface area contributed by atoms with Crippen molar-refractivity contribution in [3.05, 3.63) is 90.0 Å². The number of aliphatic carboxylic acids is 1. The van der Waals surface area contributed by atoms with Gasteiger partial charge in [-0.25, -0.2) is 4.68 Å². The molecule has 0 radical (unpaired) electrons. The summed E-state index contributed by atoms with van der Waals surface area (Å²) in [4.78, 5) is 155. The largest absolute Gasteiger partial charge is 0.481 e. The lowest BCUT2D eigenvalue weighted by atomic mass is 9.94. The summed E-state index contributed by atoms with van der Waals surface area (Å²) in [5.74, 6) is -8.58. The standard InChI is InChI=1S/C82H125N23O21/c83-80(84)94-23-10-17-57-75(116)96-44-65(108)97-60(42-68(111)112)78(119)100-59(41-53-11-2-1-3-12-53)77(118)99-58(76(117)98-57)16-8-9-22-93-79(120)74-73(115)72(114)71(113)62(126-74)43-95-66(109)46-105-70-55-14-5-4-13-54(55)45-104(61-18-7-6-15-56(61)69(70)102-103-105)67(110)19-24-92-63(106)20-31-121-33-35-123-37-39-125-40-38-124-36-34-122-32-21-64(107)101-82-50-89-28-25-86-47-81(85,48-87-26-29-90-51-82)49-88-27-30-91-52-82/h1-7,11-15,18,57-60,62,71-74,86-91,113-115H,8-10,16-17,19-52,85H2,(H,92,106)(H,93,120)(H,95,109)(H,96,116)(H,97,108)(H,98,117)(H,99,118)(H,100,119)(H,101,107)(H,111,112)(H4,83,84,94)/t57-,58-,59+,60-,62+,71+,72-,73+,74+,81?,82?/m0/s1. The number of nitrogens with one attached hydrogen (secondary N) is 15. The molecule has 9 atom stereocenters. The van der Waals surface area contributed by atoms with Gasteiger partial charge in [0.25, 0.3) is 5.91 Å². The Kier molecular flexibility index (Phi) is 41.5. The lowest BCUT2D eigenvalue weighted by molar-refractivity contribution is -0.219. The van der Waals surface area contributed by atoms with E-state index in [-0.39, 0.29) is 134 Å². The van der Waals surface area contributed by atoms with Crippen LogP contribution in [0.2, 0.25) is 0 Å². The predicted molar refractivity (Wildman–Crippen MR) is 458 cm³/mol. The van der Waals surface area contributed by atoms with Gasteiger partial charge in [-0.1, -0.05) is 78.0 Å². The molecule has 5 saturated heterocycles. The van der Waals surface area contributed by atoms with Gasteiger partial charge >= 0.3 is 5.97 Å². The number of aromatic nitrogens is 3. The summed E-state index contributed by atoms with van der Waals surface area (Å²) in [6, 6.07) is 16.8. The number of hydrogen-bond donors (Lipinski definition) is 22. The number of amides is 10. The van der Waals surface area contributed by atoms with Crippen molar-refractivity contribution in [3.63, 3.8) is 0 Å². The summed E-state index contributed by atoms with van der Waals surface area (Å²) in [6.45, 7) is 9.43. The van der Waals surface area contributed by atoms with E-state index in [9.17, 15) is 73.2 Å². The topological polar surface area (TPSA) is 629 Å². The van der Waals surface area contributed by atoms with Crippen LogP contribution in [0.15, 0.2) is 83.9 Å². The molecule has 6 aliphatic heterocycles. The van der Waals surface area contributed by atoms with Crippen LogP contribution in [0.25, 0.3) is 22.5 Å². The van der Waals surface area contributed by atoms with E-state index in [1.807, 2.05) is 6.07 Å². The molecule has 0 saturated carbocycles. The molecule has 44 heteroatoms. The highest BCUT2D eigenvalue weighted by Crippen LogP contribution is 2.41. The molecule has 10 rings (SSSR count). The summed E-state index contributed by atoms with van der Waals surface area (Å²) in [5.41, 5.74) is 20.3. The molecule has 4 aromatic rings. The molecule has 3 aromatic carbocycles. The van der Waals surface area contributed by atoms with Crippen molar-refractivity contribution in [2.24, 2.45) is 22.2 Å². The van der Waals surface area contributed by atoms with Crippen LogP contribution >= 0.6 is 0 Å². The summed E-state index contributed by atoms with van der Waals surface area (Å²) < 4.78 is 35.5. The number of fused-ring (bicyclic) bond motifs is 20. The first kappa shape index (κ1) is 99.4. The highest BCUT2D eigenvalue weighted by molar-refractivity contribution is 6.01. The van der Waals surface area contributed by atoms with Crippen molar-refractivity contribution in [1.82, 2.24) is 94.7 Å². The van der Waals surface area contributed by atoms with Crippen LogP contribution < -0.4 is 102 Å². The van der Waals surface area contributed by atoms with Crippen molar-refractivity contribution in [2.75, 3.05) is 182 Å². The molecular formula is C82H125N23O21. The third-order valence-corrected chi connectivity index (χ3v) is 21.4. The van der Waals surface area contributed by atoms with E-state index in [4.69, 9.17) is 45.6 Å². The quantitative estimate of drug-likeness (QED) is 0.0112. The second-order valence-corrected chi connectivity index (χ2v) is 31.4. The van der Waals surface area contributed by atoms with Crippen molar-refractivity contribution < 1.29 is 102 Å². The molecule has 10 amide bonds. The summed E-state index contributed by atoms with van der Waals surface area (Å²) in [7, 11) is 0. The maximum absolute atomic E-state index is 14.3. The number of aliphatic imine (C=N–C) groups is 1. The van der Waals surface area contributed by atoms with Gasteiger partial charge in [0.15, 0.2) is 12.1 Å². The highest BCUT2D eigenvalue weighted by Gasteiger charge is 2.47. The van der Waals surface area contributed by atoms with Crippen molar-refractivity contribution >= 4 is 76.7 Å². The summed E-state index contributed by atoms with van der Waals surface area (Å²) in [5, 5.41) is 96.7. The molecule has 0 aliphatic carbocycles. The van der Waals surface area contributed by atoms with Crippen LogP contribution in [0.3, 0.4) is 0 Å². The number of ether oxygens (including phenoxy) is 6. The smallest absolute Gasteiger partial charge is 0.305 e. The molecule has 1 aromatic heterocycles. The molecule has 126 heavy (non-hydrogen) atoms. The molecule has 25 N–H and O–H groups in total. The lowest BCUT2D eigenvalue weighted by Gasteiger charge is -2.40. The predicted octanol–water partition coefficient (Wildman–Crippen LogP) is -7.96. The monoisotopic (exact) mass is 1770 g/mol. The highest BCUT2D eigenvalue weighted by atomic mass is 16.6. The van der Waals surface area contributed by atoms with Gasteiger partial charge in [-0.2, -0.15) is 0 Å². The van der Waals surface area contributed by atoms with Crippen molar-refractivity contribution in [3.8, 4) is 22.5 Å². The number of anilines is 1. The number of carbonyl (C=O) groups is 11. The van der Waals surface area contributed by atoms with Gasteiger partial charge in [-0.15, -0.1) is 5.10 Å². The van der Waals surface area contributed by atoms with Crippen LogP contribution in [-0.2, 0) is 101 Å². The Labute approximate surface area is 730 Å². The van der Waals surface area contributed by atoms with Gasteiger partial charge in [0, 0.05) is 142 Å². The fourth-order valence-electron chi connectivity index (χ4n) is 14.7. The SMILES string of the molecule is NC(N)=NCCC[C@@H]1NC(=O)[C@H](CCCCNC(=O)[C@@H]2O[C@H](CNC(=O)Cn3nnc4c3-c3ccccc3CN(C(=O)CCNC(=O)CCOCCOCCOCCOCCOCCC(=O)NC35CNCCNCC(N)(CNCCNC3)CNCCNC5)c3ccccc3-4)[C@@H](O)[C@H](O)[C@H]2O)NC(=O)[C@@H](Cc2ccccc2)NC(=O)[C@H](CC(=O)O)NC(=O)CNC1=O. The number of guanidine groups is 1. The second-order valence-electron chi connectivity index (χ2n) is 31.4. The Balaban J connectivity index is 0.675. The third kappa shape index (κ3) is 32.8. The molecule has 2 bridgehead atoms. The van der Waals surface area contributed by atoms with Gasteiger partial charge in [0.1, 0.15) is 60.8 Å². The zero-order valence-electron chi connectivity index (χ0n) is 71.0. The van der Waals surface area contributed by atoms with Gasteiger partial charge in [0.2, 0.25) is 53.2 Å². The number of nitrogens with zero attached hydrogens (tertiary/aromatic N) is 5. The van der Waals surface area contributed by atoms with Crippen molar-refractivity contribution in [1.29, 1.82) is 0 Å². The number of unbranched alkanes of at least 4 members (excludes halogenated alkanes) is 1. The molecule has 694 valence electrons. The minimum Gasteiger partial charge on any atom is -0.481 e. The number of benzene rings is 3. The second kappa shape index (κ2) is 52.6. The van der Waals surface area contributed by atoms with E-state index in [1.165, 1.54) is 4.68 Å². The fourth-order valence-corrected chi connectivity index (χ4v) is 14.7. The van der Waals surface area contributed by atoms with E-state index < -0.39 is 139 Å². The first-order chi connectivity index (χ1) is 60.9.